The Bertz CT molecular complexity index is 8050. The molecule has 6 aromatic heterocycles. The molecule has 0 aliphatic rings. The number of aromatic nitrogens is 6. The first-order valence-electron chi connectivity index (χ1n) is 42.4. The van der Waals surface area contributed by atoms with E-state index >= 15 is 0 Å². The summed E-state index contributed by atoms with van der Waals surface area (Å²) in [4.78, 5) is 10.2. The van der Waals surface area contributed by atoms with Crippen LogP contribution in [0.2, 0.25) is 0 Å². The molecule has 6 nitrogen and oxygen atoms in total. The Balaban J connectivity index is 0.000000143. The molecule has 0 amide bonds. The number of para-hydroxylation sites is 6. The molecule has 0 aliphatic carbocycles. The number of hydrogen-bond donors (Lipinski definition) is 0. The first-order valence-corrected chi connectivity index (χ1v) is 42.4. The SMILES string of the molecule is c1ccc(-c2cc(-c3ccc(-c4ccc(-n5c6ccccc6c6cc(-c7ccc8c(c7)c7ccccc7n8-c7ccccc7)ccc65)cc4)cc3)cc(-c3ccccc3)n2)cc1.c1ccc(-c2cc(-c3cccc(-c4cccc(-n5c6ccccc6c6cc(-c7ccc8c(c7)c7ccccc7n8-c7ccccc7)ccc65)c4)c3)cc(-c3ccccc3)n2)cc1. The summed E-state index contributed by atoms with van der Waals surface area (Å²) in [6.45, 7) is 0. The topological polar surface area (TPSA) is 45.5 Å². The van der Waals surface area contributed by atoms with Crippen molar-refractivity contribution < 1.29 is 0 Å². The molecule has 0 unspecified atom stereocenters. The molecular weight excluding hydrogens is 1500 g/mol. The zero-order valence-electron chi connectivity index (χ0n) is 67.7. The Morgan fingerprint density at radius 3 is 0.661 bits per heavy atom. The Morgan fingerprint density at radius 2 is 0.323 bits per heavy atom. The average molecular weight is 1580 g/mol. The second-order valence-electron chi connectivity index (χ2n) is 32.0. The summed E-state index contributed by atoms with van der Waals surface area (Å²) in [6.07, 6.45) is 0. The molecule has 124 heavy (non-hydrogen) atoms. The monoisotopic (exact) mass is 1580 g/mol. The molecule has 0 saturated heterocycles. The first-order chi connectivity index (χ1) is 61.5. The summed E-state index contributed by atoms with van der Waals surface area (Å²) in [5.74, 6) is 0. The van der Waals surface area contributed by atoms with Gasteiger partial charge in [0.1, 0.15) is 0 Å². The Hall–Kier alpha value is -16.5. The van der Waals surface area contributed by atoms with Gasteiger partial charge in [0.2, 0.25) is 0 Å². The van der Waals surface area contributed by atoms with Gasteiger partial charge in [-0.2, -0.15) is 0 Å². The number of benzene rings is 18. The van der Waals surface area contributed by atoms with Gasteiger partial charge in [0.15, 0.2) is 0 Å². The van der Waals surface area contributed by atoms with Crippen LogP contribution in [0.15, 0.2) is 473 Å². The number of rotatable bonds is 14. The van der Waals surface area contributed by atoms with E-state index in [9.17, 15) is 0 Å². The minimum atomic E-state index is 0.958. The third kappa shape index (κ3) is 13.2. The van der Waals surface area contributed by atoms with Gasteiger partial charge in [0.25, 0.3) is 0 Å². The van der Waals surface area contributed by atoms with E-state index in [0.29, 0.717) is 0 Å². The molecule has 0 spiro atoms. The van der Waals surface area contributed by atoms with Crippen molar-refractivity contribution in [2.75, 3.05) is 0 Å². The molecule has 24 rings (SSSR count). The number of fused-ring (bicyclic) bond motifs is 12. The Morgan fingerprint density at radius 1 is 0.113 bits per heavy atom. The largest absolute Gasteiger partial charge is 0.309 e. The fraction of sp³-hybridized carbons (Fsp3) is 0. The lowest BCUT2D eigenvalue weighted by Crippen LogP contribution is -1.94. The highest BCUT2D eigenvalue weighted by Crippen LogP contribution is 2.44. The Kier molecular flexibility index (Phi) is 18.2. The third-order valence-electron chi connectivity index (χ3n) is 24.6. The van der Waals surface area contributed by atoms with Gasteiger partial charge >= 0.3 is 0 Å². The van der Waals surface area contributed by atoms with Gasteiger partial charge in [-0.15, -0.1) is 0 Å². The molecule has 0 aliphatic heterocycles. The fourth-order valence-corrected chi connectivity index (χ4v) is 18.7. The summed E-state index contributed by atoms with van der Waals surface area (Å²) >= 11 is 0. The third-order valence-corrected chi connectivity index (χ3v) is 24.6. The van der Waals surface area contributed by atoms with Crippen LogP contribution in [0.4, 0.5) is 0 Å². The Labute approximate surface area is 718 Å². The van der Waals surface area contributed by atoms with E-state index in [1.54, 1.807) is 0 Å². The predicted molar refractivity (Wildman–Crippen MR) is 520 cm³/mol. The minimum Gasteiger partial charge on any atom is -0.309 e. The maximum absolute atomic E-state index is 5.12. The molecule has 24 aromatic rings. The predicted octanol–water partition coefficient (Wildman–Crippen LogP) is 31.2. The minimum absolute atomic E-state index is 0.958. The second kappa shape index (κ2) is 31.0. The first kappa shape index (κ1) is 72.7. The van der Waals surface area contributed by atoms with Crippen molar-refractivity contribution in [1.82, 2.24) is 28.2 Å². The van der Waals surface area contributed by atoms with Gasteiger partial charge in [-0.05, 0) is 218 Å². The van der Waals surface area contributed by atoms with Crippen molar-refractivity contribution in [1.29, 1.82) is 0 Å². The molecular formula is C118H78N6. The maximum Gasteiger partial charge on any atom is 0.0715 e. The van der Waals surface area contributed by atoms with E-state index in [0.717, 1.165) is 89.8 Å². The molecule has 6 heteroatoms. The van der Waals surface area contributed by atoms with Crippen LogP contribution < -0.4 is 0 Å². The summed E-state index contributed by atoms with van der Waals surface area (Å²) in [5.41, 5.74) is 36.5. The van der Waals surface area contributed by atoms with Crippen LogP contribution in [0, 0.1) is 0 Å². The van der Waals surface area contributed by atoms with Gasteiger partial charge < -0.3 is 18.3 Å². The number of hydrogen-bond acceptors (Lipinski definition) is 2. The molecule has 0 fully saturated rings. The van der Waals surface area contributed by atoms with Crippen LogP contribution in [0.25, 0.3) is 222 Å². The van der Waals surface area contributed by atoms with Crippen molar-refractivity contribution in [3.05, 3.63) is 473 Å². The van der Waals surface area contributed by atoms with Gasteiger partial charge in [0, 0.05) is 88.1 Å². The van der Waals surface area contributed by atoms with E-state index in [1.807, 2.05) is 24.3 Å². The van der Waals surface area contributed by atoms with Crippen molar-refractivity contribution in [2.24, 2.45) is 0 Å². The highest BCUT2D eigenvalue weighted by atomic mass is 15.0. The van der Waals surface area contributed by atoms with E-state index in [-0.39, 0.29) is 0 Å². The van der Waals surface area contributed by atoms with Crippen molar-refractivity contribution in [3.63, 3.8) is 0 Å². The van der Waals surface area contributed by atoms with Crippen molar-refractivity contribution in [2.45, 2.75) is 0 Å². The smallest absolute Gasteiger partial charge is 0.0715 e. The van der Waals surface area contributed by atoms with E-state index in [1.165, 1.54) is 132 Å². The standard InChI is InChI=1S/2C59H39N3/c1-4-16-40(17-5-1)54-38-47(39-55(60-54)41-18-6-2-7-19-41)43-21-14-20-42(34-43)44-22-15-25-49(35-44)62-57-29-13-11-27-51(57)53-37-46(31-33-59(53)62)45-30-32-58-52(36-45)50-26-10-12-28-56(50)61(58)48-23-8-3-9-24-48;1-4-14-43(15-5-1)54-38-47(39-55(60-54)44-16-6-2-7-17-44)42-26-24-40(25-27-42)41-28-32-49(33-29-41)62-57-23-13-11-21-51(57)53-37-46(31-35-59(53)62)45-30-34-58-52(36-45)50-20-10-12-22-56(50)61(58)48-18-8-3-9-19-48/h2*1-39H. The molecule has 6 heterocycles. The van der Waals surface area contributed by atoms with Gasteiger partial charge in [-0.25, -0.2) is 9.97 Å². The zero-order valence-corrected chi connectivity index (χ0v) is 67.7. The van der Waals surface area contributed by atoms with Crippen LogP contribution in [0.5, 0.6) is 0 Å². The van der Waals surface area contributed by atoms with Crippen molar-refractivity contribution >= 4 is 87.2 Å². The lowest BCUT2D eigenvalue weighted by molar-refractivity contribution is 1.18. The highest BCUT2D eigenvalue weighted by Gasteiger charge is 2.22. The van der Waals surface area contributed by atoms with Gasteiger partial charge in [-0.3, -0.25) is 0 Å². The quantitative estimate of drug-likeness (QED) is 0.109. The number of pyridine rings is 2. The summed E-state index contributed by atoms with van der Waals surface area (Å²) in [6, 6.07) is 170. The molecule has 0 N–H and O–H groups in total. The summed E-state index contributed by atoms with van der Waals surface area (Å²) in [7, 11) is 0. The summed E-state index contributed by atoms with van der Waals surface area (Å²) in [5, 5.41) is 9.98. The lowest BCUT2D eigenvalue weighted by Gasteiger charge is -2.13. The highest BCUT2D eigenvalue weighted by molar-refractivity contribution is 6.15. The number of nitrogens with zero attached hydrogens (tertiary/aromatic N) is 6. The maximum atomic E-state index is 5.12. The zero-order chi connectivity index (χ0) is 82.0. The van der Waals surface area contributed by atoms with E-state index in [4.69, 9.17) is 9.97 Å². The van der Waals surface area contributed by atoms with Gasteiger partial charge in [-0.1, -0.05) is 322 Å². The molecule has 580 valence electrons. The van der Waals surface area contributed by atoms with Crippen LogP contribution in [-0.2, 0) is 0 Å². The lowest BCUT2D eigenvalue weighted by atomic mass is 9.96. The molecule has 0 atom stereocenters. The van der Waals surface area contributed by atoms with Crippen LogP contribution >= 0.6 is 0 Å². The van der Waals surface area contributed by atoms with Crippen LogP contribution in [-0.4, -0.2) is 28.2 Å². The summed E-state index contributed by atoms with van der Waals surface area (Å²) < 4.78 is 9.56. The van der Waals surface area contributed by atoms with E-state index < -0.39 is 0 Å². The average Bonchev–Trinajstić information content (AvgIpc) is 1.58. The molecule has 0 bridgehead atoms. The van der Waals surface area contributed by atoms with Crippen LogP contribution in [0.1, 0.15) is 0 Å². The normalized spacial score (nSPS) is 11.5. The van der Waals surface area contributed by atoms with E-state index in [2.05, 4.69) is 467 Å². The molecule has 0 saturated carbocycles. The van der Waals surface area contributed by atoms with Gasteiger partial charge in [0.05, 0.1) is 66.9 Å². The van der Waals surface area contributed by atoms with Crippen LogP contribution in [0.3, 0.4) is 0 Å². The fourth-order valence-electron chi connectivity index (χ4n) is 18.7. The molecule has 0 radical (unpaired) electrons. The molecule has 18 aromatic carbocycles. The second-order valence-corrected chi connectivity index (χ2v) is 32.0. The van der Waals surface area contributed by atoms with Crippen molar-refractivity contribution in [3.8, 4) is 135 Å².